The molecule has 0 saturated carbocycles. The summed E-state index contributed by atoms with van der Waals surface area (Å²) in [5.74, 6) is 0.917. The lowest BCUT2D eigenvalue weighted by Gasteiger charge is -2.25. The van der Waals surface area contributed by atoms with Gasteiger partial charge in [-0.2, -0.15) is 0 Å². The lowest BCUT2D eigenvalue weighted by molar-refractivity contribution is 0.226. The van der Waals surface area contributed by atoms with Crippen molar-refractivity contribution in [3.8, 4) is 0 Å². The van der Waals surface area contributed by atoms with Crippen molar-refractivity contribution in [2.75, 3.05) is 13.1 Å². The van der Waals surface area contributed by atoms with Crippen molar-refractivity contribution < 1.29 is 0 Å². The summed E-state index contributed by atoms with van der Waals surface area (Å²) in [4.78, 5) is 2.47. The van der Waals surface area contributed by atoms with Gasteiger partial charge in [0.2, 0.25) is 0 Å². The standard InChI is InChI=1S/C16H27N3/c1-4-13(5-2)11-19(6-3)12-14-8-7-9-15(10-14)16(17)18/h7-10,13H,4-6,11-12H2,1-3H3,(H3,17,18). The summed E-state index contributed by atoms with van der Waals surface area (Å²) in [6.07, 6.45) is 2.47. The average molecular weight is 261 g/mol. The molecule has 1 aromatic carbocycles. The third kappa shape index (κ3) is 5.03. The van der Waals surface area contributed by atoms with Gasteiger partial charge in [-0.3, -0.25) is 10.3 Å². The molecule has 19 heavy (non-hydrogen) atoms. The maximum atomic E-state index is 7.50. The molecule has 0 aliphatic rings. The van der Waals surface area contributed by atoms with Gasteiger partial charge in [0.15, 0.2) is 0 Å². The van der Waals surface area contributed by atoms with Crippen molar-refractivity contribution in [1.82, 2.24) is 4.90 Å². The van der Waals surface area contributed by atoms with E-state index in [1.807, 2.05) is 18.2 Å². The van der Waals surface area contributed by atoms with Crippen molar-refractivity contribution in [2.45, 2.75) is 40.2 Å². The molecule has 0 atom stereocenters. The van der Waals surface area contributed by atoms with Gasteiger partial charge >= 0.3 is 0 Å². The molecule has 0 radical (unpaired) electrons. The summed E-state index contributed by atoms with van der Waals surface area (Å²) >= 11 is 0. The van der Waals surface area contributed by atoms with Crippen LogP contribution >= 0.6 is 0 Å². The number of nitrogens with one attached hydrogen (secondary N) is 1. The minimum atomic E-state index is 0.143. The molecule has 106 valence electrons. The maximum Gasteiger partial charge on any atom is 0.122 e. The summed E-state index contributed by atoms with van der Waals surface area (Å²) in [7, 11) is 0. The quantitative estimate of drug-likeness (QED) is 0.557. The molecule has 0 aliphatic carbocycles. The number of hydrogen-bond donors (Lipinski definition) is 2. The lowest BCUT2D eigenvalue weighted by Crippen LogP contribution is -2.28. The van der Waals surface area contributed by atoms with Gasteiger partial charge in [-0.25, -0.2) is 0 Å². The van der Waals surface area contributed by atoms with Crippen molar-refractivity contribution in [2.24, 2.45) is 11.7 Å². The zero-order valence-corrected chi connectivity index (χ0v) is 12.4. The van der Waals surface area contributed by atoms with Crippen LogP contribution in [0, 0.1) is 11.3 Å². The highest BCUT2D eigenvalue weighted by Gasteiger charge is 2.10. The van der Waals surface area contributed by atoms with Crippen molar-refractivity contribution in [3.63, 3.8) is 0 Å². The van der Waals surface area contributed by atoms with Gasteiger partial charge in [-0.1, -0.05) is 51.8 Å². The smallest absolute Gasteiger partial charge is 0.122 e. The first-order valence-corrected chi connectivity index (χ1v) is 7.26. The predicted octanol–water partition coefficient (Wildman–Crippen LogP) is 3.23. The van der Waals surface area contributed by atoms with Crippen LogP contribution in [-0.4, -0.2) is 23.8 Å². The van der Waals surface area contributed by atoms with Crippen molar-refractivity contribution in [1.29, 1.82) is 5.41 Å². The normalized spacial score (nSPS) is 11.2. The van der Waals surface area contributed by atoms with E-state index in [-0.39, 0.29) is 5.84 Å². The molecule has 0 unspecified atom stereocenters. The fourth-order valence-electron chi connectivity index (χ4n) is 2.31. The Balaban J connectivity index is 2.69. The second-order valence-electron chi connectivity index (χ2n) is 5.12. The Kier molecular flexibility index (Phi) is 6.57. The number of amidine groups is 1. The van der Waals surface area contributed by atoms with Crippen LogP contribution in [-0.2, 0) is 6.54 Å². The highest BCUT2D eigenvalue weighted by Crippen LogP contribution is 2.13. The molecule has 0 bridgehead atoms. The number of hydrogen-bond acceptors (Lipinski definition) is 2. The largest absolute Gasteiger partial charge is 0.384 e. The first kappa shape index (κ1) is 15.7. The molecular formula is C16H27N3. The molecule has 0 saturated heterocycles. The number of nitrogens with two attached hydrogens (primary N) is 1. The summed E-state index contributed by atoms with van der Waals surface area (Å²) in [5, 5.41) is 7.50. The third-order valence-electron chi connectivity index (χ3n) is 3.76. The topological polar surface area (TPSA) is 53.1 Å². The van der Waals surface area contributed by atoms with Crippen LogP contribution in [0.3, 0.4) is 0 Å². The maximum absolute atomic E-state index is 7.50. The van der Waals surface area contributed by atoms with Crippen LogP contribution in [0.4, 0.5) is 0 Å². The fraction of sp³-hybridized carbons (Fsp3) is 0.562. The molecule has 3 heteroatoms. The van der Waals surface area contributed by atoms with Gasteiger partial charge in [-0.15, -0.1) is 0 Å². The summed E-state index contributed by atoms with van der Waals surface area (Å²) in [5.41, 5.74) is 7.59. The first-order chi connectivity index (χ1) is 9.10. The molecule has 0 amide bonds. The molecule has 0 aromatic heterocycles. The zero-order chi connectivity index (χ0) is 14.3. The number of benzene rings is 1. The Morgan fingerprint density at radius 2 is 1.95 bits per heavy atom. The predicted molar refractivity (Wildman–Crippen MR) is 82.5 cm³/mol. The van der Waals surface area contributed by atoms with E-state index in [0.29, 0.717) is 0 Å². The van der Waals surface area contributed by atoms with Crippen LogP contribution in [0.2, 0.25) is 0 Å². The Hall–Kier alpha value is -1.35. The summed E-state index contributed by atoms with van der Waals surface area (Å²) < 4.78 is 0. The van der Waals surface area contributed by atoms with Crippen LogP contribution < -0.4 is 5.73 Å². The lowest BCUT2D eigenvalue weighted by atomic mass is 10.0. The van der Waals surface area contributed by atoms with Gasteiger partial charge in [-0.05, 0) is 24.1 Å². The van der Waals surface area contributed by atoms with Crippen molar-refractivity contribution >= 4 is 5.84 Å². The molecule has 0 aliphatic heterocycles. The van der Waals surface area contributed by atoms with E-state index in [9.17, 15) is 0 Å². The van der Waals surface area contributed by atoms with Gasteiger partial charge in [0.1, 0.15) is 5.84 Å². The number of nitrogen functional groups attached to an aromatic ring is 1. The highest BCUT2D eigenvalue weighted by molar-refractivity contribution is 5.95. The van der Waals surface area contributed by atoms with E-state index in [2.05, 4.69) is 31.7 Å². The Bertz CT molecular complexity index is 397. The zero-order valence-electron chi connectivity index (χ0n) is 12.4. The third-order valence-corrected chi connectivity index (χ3v) is 3.76. The minimum absolute atomic E-state index is 0.143. The summed E-state index contributed by atoms with van der Waals surface area (Å²) in [6.45, 7) is 9.87. The van der Waals surface area contributed by atoms with E-state index in [1.165, 1.54) is 18.4 Å². The molecule has 0 spiro atoms. The highest BCUT2D eigenvalue weighted by atomic mass is 15.1. The molecule has 3 nitrogen and oxygen atoms in total. The Morgan fingerprint density at radius 3 is 2.47 bits per heavy atom. The second-order valence-corrected chi connectivity index (χ2v) is 5.12. The van der Waals surface area contributed by atoms with Crippen LogP contribution in [0.25, 0.3) is 0 Å². The Labute approximate surface area is 117 Å². The van der Waals surface area contributed by atoms with Crippen LogP contribution in [0.5, 0.6) is 0 Å². The van der Waals surface area contributed by atoms with Gasteiger partial charge in [0.25, 0.3) is 0 Å². The van der Waals surface area contributed by atoms with E-state index >= 15 is 0 Å². The van der Waals surface area contributed by atoms with E-state index in [1.54, 1.807) is 0 Å². The van der Waals surface area contributed by atoms with Gasteiger partial charge < -0.3 is 5.73 Å². The van der Waals surface area contributed by atoms with Crippen molar-refractivity contribution in [3.05, 3.63) is 35.4 Å². The molecular weight excluding hydrogens is 234 g/mol. The van der Waals surface area contributed by atoms with E-state index < -0.39 is 0 Å². The molecule has 0 fully saturated rings. The van der Waals surface area contributed by atoms with Gasteiger partial charge in [0, 0.05) is 18.7 Å². The molecule has 1 aromatic rings. The molecule has 0 heterocycles. The average Bonchev–Trinajstić information content (AvgIpc) is 2.43. The molecule has 1 rings (SSSR count). The Morgan fingerprint density at radius 1 is 1.26 bits per heavy atom. The number of rotatable bonds is 8. The SMILES string of the molecule is CCC(CC)CN(CC)Cc1cccc(C(=N)N)c1. The van der Waals surface area contributed by atoms with Crippen LogP contribution in [0.15, 0.2) is 24.3 Å². The molecule has 3 N–H and O–H groups in total. The first-order valence-electron chi connectivity index (χ1n) is 7.26. The number of nitrogens with zero attached hydrogens (tertiary/aromatic N) is 1. The summed E-state index contributed by atoms with van der Waals surface area (Å²) in [6, 6.07) is 8.01. The van der Waals surface area contributed by atoms with Crippen LogP contribution in [0.1, 0.15) is 44.7 Å². The van der Waals surface area contributed by atoms with E-state index in [4.69, 9.17) is 11.1 Å². The minimum Gasteiger partial charge on any atom is -0.384 e. The van der Waals surface area contributed by atoms with E-state index in [0.717, 1.165) is 31.1 Å². The second kappa shape index (κ2) is 7.95. The fourth-order valence-corrected chi connectivity index (χ4v) is 2.31. The monoisotopic (exact) mass is 261 g/mol. The van der Waals surface area contributed by atoms with Gasteiger partial charge in [0.05, 0.1) is 0 Å².